The van der Waals surface area contributed by atoms with Gasteiger partial charge in [-0.15, -0.1) is 11.8 Å². The molecule has 0 spiro atoms. The Morgan fingerprint density at radius 1 is 0.911 bits per heavy atom. The minimum Gasteiger partial charge on any atom is -0.414 e. The molecule has 0 aliphatic carbocycles. The zero-order valence-corrected chi connectivity index (χ0v) is 37.4. The Balaban J connectivity index is 1.27. The Morgan fingerprint density at radius 2 is 1.54 bits per heavy atom. The molecule has 2 saturated heterocycles. The lowest BCUT2D eigenvalue weighted by Crippen LogP contribution is -2.46. The van der Waals surface area contributed by atoms with Gasteiger partial charge in [-0.25, -0.2) is 9.59 Å². The van der Waals surface area contributed by atoms with Crippen molar-refractivity contribution in [3.63, 3.8) is 0 Å². The van der Waals surface area contributed by atoms with E-state index < -0.39 is 52.1 Å². The number of thioether (sulfide) groups is 1. The van der Waals surface area contributed by atoms with Crippen molar-refractivity contribution in [2.45, 2.75) is 134 Å². The van der Waals surface area contributed by atoms with E-state index in [-0.39, 0.29) is 40.1 Å². The number of anilines is 1. The van der Waals surface area contributed by atoms with E-state index in [4.69, 9.17) is 23.1 Å². The number of rotatable bonds is 14. The molecule has 0 radical (unpaired) electrons. The summed E-state index contributed by atoms with van der Waals surface area (Å²) in [5, 5.41) is 2.65. The lowest BCUT2D eigenvalue weighted by Gasteiger charge is -2.39. The van der Waals surface area contributed by atoms with Crippen LogP contribution in [0.2, 0.25) is 36.3 Å². The first-order valence-electron chi connectivity index (χ1n) is 19.2. The largest absolute Gasteiger partial charge is 0.414 e. The maximum atomic E-state index is 13.3. The lowest BCUT2D eigenvalue weighted by molar-refractivity contribution is -0.0530. The number of carbonyl (C=O) groups is 1. The fourth-order valence-corrected chi connectivity index (χ4v) is 9.25. The van der Waals surface area contributed by atoms with E-state index in [1.54, 1.807) is 55.2 Å². The topological polar surface area (TPSA) is 165 Å². The number of carbonyl (C=O) groups excluding carboxylic acids is 1. The van der Waals surface area contributed by atoms with Gasteiger partial charge in [-0.2, -0.15) is 4.98 Å². The van der Waals surface area contributed by atoms with E-state index in [0.717, 1.165) is 0 Å². The molecule has 56 heavy (non-hydrogen) atoms. The van der Waals surface area contributed by atoms with E-state index >= 15 is 0 Å². The normalized spacial score (nSPS) is 23.4. The van der Waals surface area contributed by atoms with Crippen LogP contribution >= 0.6 is 11.8 Å². The van der Waals surface area contributed by atoms with Crippen molar-refractivity contribution in [2.75, 3.05) is 23.6 Å². The SMILES string of the molecule is Cc1cn([C@H]2C[C@H](OCSC[C@H]3O[C@@H](n4ccc(NC(=O)c5ccccc5)nc4=O)C[C@@H]3O[Si](C)(C)C(C)(C)C)[C@@H](CO[Si](C)(C)C(C)(C)C)O2)c(=O)[nH]c1=O. The molecule has 1 amide bonds. The minimum atomic E-state index is -2.23. The predicted octanol–water partition coefficient (Wildman–Crippen LogP) is 6.42. The van der Waals surface area contributed by atoms with E-state index in [9.17, 15) is 19.2 Å². The monoisotopic (exact) mass is 829 g/mol. The second-order valence-electron chi connectivity index (χ2n) is 17.7. The molecule has 1 aromatic carbocycles. The Bertz CT molecular complexity index is 2010. The molecule has 5 rings (SSSR count). The summed E-state index contributed by atoms with van der Waals surface area (Å²) in [4.78, 5) is 57.4. The van der Waals surface area contributed by atoms with Crippen LogP contribution in [0.15, 0.2) is 63.2 Å². The average Bonchev–Trinajstić information content (AvgIpc) is 3.69. The summed E-state index contributed by atoms with van der Waals surface area (Å²) in [5.74, 6) is 0.641. The van der Waals surface area contributed by atoms with Crippen LogP contribution in [0.1, 0.15) is 82.8 Å². The third-order valence-corrected chi connectivity index (χ3v) is 21.4. The smallest absolute Gasteiger partial charge is 0.351 e. The quantitative estimate of drug-likeness (QED) is 0.105. The molecule has 0 unspecified atom stereocenters. The molecule has 308 valence electrons. The van der Waals surface area contributed by atoms with Crippen molar-refractivity contribution in [1.29, 1.82) is 0 Å². The van der Waals surface area contributed by atoms with Crippen LogP contribution in [-0.4, -0.2) is 84.4 Å². The summed E-state index contributed by atoms with van der Waals surface area (Å²) in [7, 11) is -4.35. The third kappa shape index (κ3) is 10.5. The van der Waals surface area contributed by atoms with Crippen LogP contribution in [0.3, 0.4) is 0 Å². The number of amides is 1. The number of nitrogens with zero attached hydrogens (tertiary/aromatic N) is 3. The molecule has 0 bridgehead atoms. The van der Waals surface area contributed by atoms with Gasteiger partial charge in [0.15, 0.2) is 16.6 Å². The van der Waals surface area contributed by atoms with Gasteiger partial charge >= 0.3 is 11.4 Å². The lowest BCUT2D eigenvalue weighted by atomic mass is 10.2. The van der Waals surface area contributed by atoms with E-state index in [1.807, 2.05) is 6.07 Å². The summed E-state index contributed by atoms with van der Waals surface area (Å²) in [6.07, 6.45) is 1.29. The fraction of sp³-hybridized carbons (Fsp3) is 0.615. The number of benzene rings is 1. The second-order valence-corrected chi connectivity index (χ2v) is 28.3. The Labute approximate surface area is 335 Å². The zero-order valence-electron chi connectivity index (χ0n) is 34.5. The highest BCUT2D eigenvalue weighted by molar-refractivity contribution is 7.99. The highest BCUT2D eigenvalue weighted by Crippen LogP contribution is 2.42. The van der Waals surface area contributed by atoms with Gasteiger partial charge in [0.05, 0.1) is 30.9 Å². The van der Waals surface area contributed by atoms with Crippen LogP contribution in [0.4, 0.5) is 5.82 Å². The van der Waals surface area contributed by atoms with Crippen molar-refractivity contribution in [3.05, 3.63) is 91.2 Å². The molecule has 4 heterocycles. The molecule has 2 aliphatic rings. The maximum Gasteiger partial charge on any atom is 0.351 e. The Kier molecular flexibility index (Phi) is 13.6. The predicted molar refractivity (Wildman–Crippen MR) is 223 cm³/mol. The van der Waals surface area contributed by atoms with Gasteiger partial charge in [0.25, 0.3) is 11.5 Å². The Morgan fingerprint density at radius 3 is 2.18 bits per heavy atom. The molecular formula is C39H59N5O9SSi2. The molecule has 3 aromatic rings. The van der Waals surface area contributed by atoms with Gasteiger partial charge in [0.2, 0.25) is 0 Å². The number of aryl methyl sites for hydroxylation is 1. The van der Waals surface area contributed by atoms with Crippen LogP contribution in [0.25, 0.3) is 0 Å². The van der Waals surface area contributed by atoms with Crippen molar-refractivity contribution in [1.82, 2.24) is 19.1 Å². The highest BCUT2D eigenvalue weighted by Gasteiger charge is 2.46. The summed E-state index contributed by atoms with van der Waals surface area (Å²) in [5.41, 5.74) is -0.630. The molecule has 6 atom stereocenters. The molecule has 14 nitrogen and oxygen atoms in total. The number of nitrogens with one attached hydrogen (secondary N) is 2. The van der Waals surface area contributed by atoms with Crippen LogP contribution in [0.5, 0.6) is 0 Å². The van der Waals surface area contributed by atoms with Crippen molar-refractivity contribution in [3.8, 4) is 0 Å². The number of aromatic nitrogens is 4. The van der Waals surface area contributed by atoms with Crippen LogP contribution in [0, 0.1) is 6.92 Å². The average molecular weight is 830 g/mol. The van der Waals surface area contributed by atoms with Gasteiger partial charge in [-0.3, -0.25) is 23.7 Å². The minimum absolute atomic E-state index is 0.00607. The molecular weight excluding hydrogens is 771 g/mol. The summed E-state index contributed by atoms with van der Waals surface area (Å²) < 4.78 is 35.7. The summed E-state index contributed by atoms with van der Waals surface area (Å²) >= 11 is 1.55. The van der Waals surface area contributed by atoms with Crippen LogP contribution < -0.4 is 22.3 Å². The molecule has 2 N–H and O–H groups in total. The second kappa shape index (κ2) is 17.4. The van der Waals surface area contributed by atoms with E-state index in [2.05, 4.69) is 83.0 Å². The molecule has 2 aliphatic heterocycles. The van der Waals surface area contributed by atoms with Gasteiger partial charge in [0, 0.05) is 42.1 Å². The molecule has 2 fully saturated rings. The number of aromatic amines is 1. The van der Waals surface area contributed by atoms with E-state index in [0.29, 0.717) is 42.3 Å². The van der Waals surface area contributed by atoms with E-state index in [1.165, 1.54) is 15.3 Å². The number of ether oxygens (including phenoxy) is 3. The van der Waals surface area contributed by atoms with Crippen molar-refractivity contribution in [2.24, 2.45) is 0 Å². The van der Waals surface area contributed by atoms with Crippen LogP contribution in [-0.2, 0) is 23.1 Å². The van der Waals surface area contributed by atoms with Crippen molar-refractivity contribution < 1.29 is 27.9 Å². The highest BCUT2D eigenvalue weighted by atomic mass is 32.2. The number of hydrogen-bond acceptors (Lipinski definition) is 11. The Hall–Kier alpha value is -3.17. The zero-order chi connectivity index (χ0) is 41.2. The van der Waals surface area contributed by atoms with Gasteiger partial charge in [-0.05, 0) is 61.4 Å². The number of H-pyrrole nitrogens is 1. The molecule has 0 saturated carbocycles. The summed E-state index contributed by atoms with van der Waals surface area (Å²) in [6, 6.07) is 10.3. The standard InChI is InChI=1S/C39H59N5O9SSi2/c1-25-21-44(37(48)42-34(25)45)33-19-27(29(51-33)22-50-55(8,9)38(2,3)4)49-24-54-23-30-28(53-56(10,11)39(5,6)7)20-32(52-30)43-18-17-31(41-36(43)47)40-35(46)26-15-13-12-14-16-26/h12-18,21,27-30,32-33H,19-20,22-24H2,1-11H3,(H,42,45,48)(H,40,41,46,47)/t27-,28-,29+,30+,32+,33+/m0/s1. The van der Waals surface area contributed by atoms with Gasteiger partial charge < -0.3 is 28.4 Å². The van der Waals surface area contributed by atoms with Gasteiger partial charge in [-0.1, -0.05) is 59.7 Å². The number of hydrogen-bond donors (Lipinski definition) is 2. The first-order chi connectivity index (χ1) is 26.1. The summed E-state index contributed by atoms with van der Waals surface area (Å²) in [6.45, 7) is 23.8. The first-order valence-corrected chi connectivity index (χ1v) is 26.1. The van der Waals surface area contributed by atoms with Gasteiger partial charge in [0.1, 0.15) is 24.4 Å². The fourth-order valence-electron chi connectivity index (χ4n) is 5.98. The van der Waals surface area contributed by atoms with Crippen molar-refractivity contribution >= 4 is 40.1 Å². The maximum absolute atomic E-state index is 13.3. The third-order valence-electron chi connectivity index (χ3n) is 11.5. The molecule has 2 aromatic heterocycles. The first kappa shape index (κ1) is 43.9. The molecule has 17 heteroatoms.